The van der Waals surface area contributed by atoms with E-state index in [2.05, 4.69) is 10.1 Å². The Morgan fingerprint density at radius 2 is 2.33 bits per heavy atom. The second kappa shape index (κ2) is 4.84. The molecular formula is C12H12N2O4. The summed E-state index contributed by atoms with van der Waals surface area (Å²) in [5.74, 6) is 0.364. The molecule has 0 saturated carbocycles. The number of nitriles is 1. The van der Waals surface area contributed by atoms with E-state index in [9.17, 15) is 4.79 Å². The van der Waals surface area contributed by atoms with Crippen LogP contribution in [0.15, 0.2) is 12.1 Å². The molecule has 0 unspecified atom stereocenters. The van der Waals surface area contributed by atoms with Gasteiger partial charge in [-0.05, 0) is 12.1 Å². The summed E-state index contributed by atoms with van der Waals surface area (Å²) in [6.45, 7) is 0.358. The SMILES string of the molecule is COC(=O)c1cc2c(c(OC)c1)O[C@H](C#N)CN2. The molecule has 2 rings (SSSR count). The first-order valence-electron chi connectivity index (χ1n) is 5.30. The number of fused-ring (bicyclic) bond motifs is 1. The Morgan fingerprint density at radius 3 is 2.94 bits per heavy atom. The zero-order chi connectivity index (χ0) is 13.1. The molecule has 94 valence electrons. The van der Waals surface area contributed by atoms with Crippen LogP contribution in [0.3, 0.4) is 0 Å². The zero-order valence-corrected chi connectivity index (χ0v) is 10.0. The molecule has 1 aliphatic heterocycles. The van der Waals surface area contributed by atoms with E-state index in [1.54, 1.807) is 6.07 Å². The molecule has 1 aromatic carbocycles. The van der Waals surface area contributed by atoms with E-state index in [-0.39, 0.29) is 0 Å². The van der Waals surface area contributed by atoms with Crippen molar-refractivity contribution < 1.29 is 19.0 Å². The third-order valence-corrected chi connectivity index (χ3v) is 2.58. The molecule has 0 saturated heterocycles. The zero-order valence-electron chi connectivity index (χ0n) is 10.0. The van der Waals surface area contributed by atoms with Crippen molar-refractivity contribution in [2.24, 2.45) is 0 Å². The number of anilines is 1. The van der Waals surface area contributed by atoms with E-state index in [1.807, 2.05) is 6.07 Å². The molecule has 6 nitrogen and oxygen atoms in total. The third-order valence-electron chi connectivity index (χ3n) is 2.58. The Labute approximate surface area is 104 Å². The first-order chi connectivity index (χ1) is 8.69. The summed E-state index contributed by atoms with van der Waals surface area (Å²) in [5.41, 5.74) is 0.973. The highest BCUT2D eigenvalue weighted by Crippen LogP contribution is 2.39. The second-order valence-electron chi connectivity index (χ2n) is 3.66. The van der Waals surface area contributed by atoms with Crippen LogP contribution in [0.5, 0.6) is 11.5 Å². The highest BCUT2D eigenvalue weighted by atomic mass is 16.5. The largest absolute Gasteiger partial charge is 0.493 e. The van der Waals surface area contributed by atoms with Crippen molar-refractivity contribution in [2.45, 2.75) is 6.10 Å². The fourth-order valence-electron chi connectivity index (χ4n) is 1.70. The molecule has 0 spiro atoms. The van der Waals surface area contributed by atoms with Crippen LogP contribution >= 0.6 is 0 Å². The fraction of sp³-hybridized carbons (Fsp3) is 0.333. The molecule has 1 N–H and O–H groups in total. The highest BCUT2D eigenvalue weighted by molar-refractivity contribution is 5.92. The molecule has 1 aromatic rings. The number of nitrogens with one attached hydrogen (secondary N) is 1. The van der Waals surface area contributed by atoms with Crippen LogP contribution in [-0.2, 0) is 4.74 Å². The van der Waals surface area contributed by atoms with Crippen molar-refractivity contribution in [3.63, 3.8) is 0 Å². The molecule has 1 heterocycles. The number of carbonyl (C=O) groups is 1. The number of esters is 1. The molecule has 0 bridgehead atoms. The standard InChI is InChI=1S/C12H12N2O4/c1-16-10-4-7(12(15)17-2)3-9-11(10)18-8(5-13)6-14-9/h3-4,8,14H,6H2,1-2H3/t8-/m1/s1. The molecule has 0 aromatic heterocycles. The molecule has 6 heteroatoms. The van der Waals surface area contributed by atoms with Gasteiger partial charge in [0.25, 0.3) is 0 Å². The number of benzene rings is 1. The van der Waals surface area contributed by atoms with Gasteiger partial charge in [-0.2, -0.15) is 5.26 Å². The average molecular weight is 248 g/mol. The Balaban J connectivity index is 2.45. The monoisotopic (exact) mass is 248 g/mol. The lowest BCUT2D eigenvalue weighted by Crippen LogP contribution is -2.29. The van der Waals surface area contributed by atoms with Crippen LogP contribution < -0.4 is 14.8 Å². The van der Waals surface area contributed by atoms with Gasteiger partial charge < -0.3 is 19.5 Å². The summed E-state index contributed by atoms with van der Waals surface area (Å²) >= 11 is 0. The molecule has 1 aliphatic rings. The van der Waals surface area contributed by atoms with Gasteiger partial charge in [-0.1, -0.05) is 0 Å². The molecule has 1 atom stereocenters. The molecule has 0 amide bonds. The van der Waals surface area contributed by atoms with Crippen LogP contribution in [0.1, 0.15) is 10.4 Å². The number of nitrogens with zero attached hydrogens (tertiary/aromatic N) is 1. The highest BCUT2D eigenvalue weighted by Gasteiger charge is 2.24. The van der Waals surface area contributed by atoms with Gasteiger partial charge >= 0.3 is 5.97 Å². The quantitative estimate of drug-likeness (QED) is 0.791. The average Bonchev–Trinajstić information content (AvgIpc) is 2.44. The Bertz CT molecular complexity index is 504. The van der Waals surface area contributed by atoms with Crippen molar-refractivity contribution in [3.05, 3.63) is 17.7 Å². The van der Waals surface area contributed by atoms with Gasteiger partial charge in [-0.25, -0.2) is 4.79 Å². The summed E-state index contributed by atoms with van der Waals surface area (Å²) < 4.78 is 15.3. The van der Waals surface area contributed by atoms with Gasteiger partial charge in [0.05, 0.1) is 32.0 Å². The first-order valence-corrected chi connectivity index (χ1v) is 5.30. The maximum Gasteiger partial charge on any atom is 0.338 e. The summed E-state index contributed by atoms with van der Waals surface area (Å²) in [7, 11) is 2.78. The van der Waals surface area contributed by atoms with E-state index in [0.717, 1.165) is 0 Å². The second-order valence-corrected chi connectivity index (χ2v) is 3.66. The van der Waals surface area contributed by atoms with Crippen molar-refractivity contribution in [2.75, 3.05) is 26.1 Å². The van der Waals surface area contributed by atoms with Gasteiger partial charge in [-0.15, -0.1) is 0 Å². The smallest absolute Gasteiger partial charge is 0.338 e. The number of carbonyl (C=O) groups excluding carboxylic acids is 1. The summed E-state index contributed by atoms with van der Waals surface area (Å²) in [6, 6.07) is 5.14. The predicted octanol–water partition coefficient (Wildman–Crippen LogP) is 1.18. The number of ether oxygens (including phenoxy) is 3. The van der Waals surface area contributed by atoms with Crippen LogP contribution in [-0.4, -0.2) is 32.8 Å². The van der Waals surface area contributed by atoms with Crippen molar-refractivity contribution in [3.8, 4) is 17.6 Å². The van der Waals surface area contributed by atoms with Gasteiger partial charge in [0.1, 0.15) is 6.07 Å². The lowest BCUT2D eigenvalue weighted by molar-refractivity contribution is 0.0600. The van der Waals surface area contributed by atoms with Crippen molar-refractivity contribution in [1.82, 2.24) is 0 Å². The summed E-state index contributed by atoms with van der Waals surface area (Å²) in [6.07, 6.45) is -0.574. The lowest BCUT2D eigenvalue weighted by Gasteiger charge is -2.25. The molecular weight excluding hydrogens is 236 g/mol. The Morgan fingerprint density at radius 1 is 1.56 bits per heavy atom. The van der Waals surface area contributed by atoms with Crippen LogP contribution in [0.25, 0.3) is 0 Å². The van der Waals surface area contributed by atoms with Crippen molar-refractivity contribution >= 4 is 11.7 Å². The summed E-state index contributed by atoms with van der Waals surface area (Å²) in [4.78, 5) is 11.5. The molecule has 0 aliphatic carbocycles. The van der Waals surface area contributed by atoms with E-state index < -0.39 is 12.1 Å². The van der Waals surface area contributed by atoms with Gasteiger partial charge in [0.2, 0.25) is 6.10 Å². The van der Waals surface area contributed by atoms with Crippen LogP contribution in [0.2, 0.25) is 0 Å². The number of hydrogen-bond acceptors (Lipinski definition) is 6. The summed E-state index contributed by atoms with van der Waals surface area (Å²) in [5, 5.41) is 11.9. The number of methoxy groups -OCH3 is 2. The Hall–Kier alpha value is -2.42. The maximum absolute atomic E-state index is 11.5. The number of hydrogen-bond donors (Lipinski definition) is 1. The van der Waals surface area contributed by atoms with Gasteiger partial charge in [0, 0.05) is 0 Å². The lowest BCUT2D eigenvalue weighted by atomic mass is 10.1. The van der Waals surface area contributed by atoms with Crippen LogP contribution in [0.4, 0.5) is 5.69 Å². The topological polar surface area (TPSA) is 80.6 Å². The normalized spacial score (nSPS) is 16.6. The van der Waals surface area contributed by atoms with E-state index in [0.29, 0.717) is 29.3 Å². The van der Waals surface area contributed by atoms with Crippen molar-refractivity contribution in [1.29, 1.82) is 5.26 Å². The molecule has 0 radical (unpaired) electrons. The van der Waals surface area contributed by atoms with Gasteiger partial charge in [0.15, 0.2) is 11.5 Å². The minimum Gasteiger partial charge on any atom is -0.493 e. The first kappa shape index (κ1) is 12.0. The maximum atomic E-state index is 11.5. The van der Waals surface area contributed by atoms with E-state index in [1.165, 1.54) is 20.3 Å². The van der Waals surface area contributed by atoms with E-state index in [4.69, 9.17) is 14.7 Å². The van der Waals surface area contributed by atoms with Gasteiger partial charge in [-0.3, -0.25) is 0 Å². The molecule has 0 fully saturated rings. The van der Waals surface area contributed by atoms with E-state index >= 15 is 0 Å². The predicted molar refractivity (Wildman–Crippen MR) is 62.9 cm³/mol. The minimum absolute atomic E-state index is 0.358. The third kappa shape index (κ3) is 2.02. The van der Waals surface area contributed by atoms with Crippen LogP contribution in [0, 0.1) is 11.3 Å². The fourth-order valence-corrected chi connectivity index (χ4v) is 1.70. The Kier molecular flexibility index (Phi) is 3.24. The minimum atomic E-state index is -0.574. The molecule has 18 heavy (non-hydrogen) atoms. The number of rotatable bonds is 2.